The van der Waals surface area contributed by atoms with Crippen molar-refractivity contribution in [3.8, 4) is 5.75 Å². The Morgan fingerprint density at radius 1 is 1.22 bits per heavy atom. The number of nitrogens with one attached hydrogen (secondary N) is 2. The first-order valence-electron chi connectivity index (χ1n) is 12.3. The molecule has 3 aliphatic rings. The minimum atomic E-state index is -4.17. The number of para-hydroxylation sites is 1. The first-order valence-corrected chi connectivity index (χ1v) is 13.9. The molecule has 2 heterocycles. The molecule has 0 amide bonds. The summed E-state index contributed by atoms with van der Waals surface area (Å²) in [6, 6.07) is 9.60. The zero-order valence-electron chi connectivity index (χ0n) is 20.3. The topological polar surface area (TPSA) is 158 Å². The molecule has 1 saturated heterocycles. The number of aliphatic hydroxyl groups excluding tert-OH is 1. The number of aliphatic hydroxyl groups is 1. The maximum Gasteiger partial charge on any atom is 0.459 e. The summed E-state index contributed by atoms with van der Waals surface area (Å²) in [5.74, 6) is -0.269. The van der Waals surface area contributed by atoms with Crippen LogP contribution >= 0.6 is 7.75 Å². The summed E-state index contributed by atoms with van der Waals surface area (Å²) < 4.78 is 38.0. The van der Waals surface area contributed by atoms with Gasteiger partial charge in [0.25, 0.3) is 5.56 Å². The molecule has 5 rings (SSSR count). The third-order valence-corrected chi connectivity index (χ3v) is 8.91. The van der Waals surface area contributed by atoms with Gasteiger partial charge in [-0.1, -0.05) is 18.2 Å². The van der Waals surface area contributed by atoms with Gasteiger partial charge in [-0.05, 0) is 51.2 Å². The Bertz CT molecular complexity index is 1300. The highest BCUT2D eigenvalue weighted by Gasteiger charge is 2.64. The van der Waals surface area contributed by atoms with Crippen molar-refractivity contribution in [3.05, 3.63) is 63.4 Å². The van der Waals surface area contributed by atoms with Crippen molar-refractivity contribution in [1.82, 2.24) is 14.6 Å². The number of rotatable bonds is 10. The second-order valence-electron chi connectivity index (χ2n) is 9.69. The van der Waals surface area contributed by atoms with E-state index in [9.17, 15) is 24.1 Å². The summed E-state index contributed by atoms with van der Waals surface area (Å²) in [7, 11) is -4.17. The van der Waals surface area contributed by atoms with Crippen molar-refractivity contribution in [2.24, 2.45) is 5.41 Å². The van der Waals surface area contributed by atoms with Gasteiger partial charge in [0.15, 0.2) is 0 Å². The summed E-state index contributed by atoms with van der Waals surface area (Å²) in [6.07, 6.45) is 1.27. The van der Waals surface area contributed by atoms with Crippen molar-refractivity contribution in [2.75, 3.05) is 13.2 Å². The fraction of sp³-hybridized carbons (Fsp3) is 0.542. The maximum atomic E-state index is 14.0. The van der Waals surface area contributed by atoms with Crippen LogP contribution in [0.15, 0.2) is 52.2 Å². The van der Waals surface area contributed by atoms with Crippen molar-refractivity contribution >= 4 is 13.7 Å². The van der Waals surface area contributed by atoms with Crippen molar-refractivity contribution in [2.45, 2.75) is 63.0 Å². The normalized spacial score (nSPS) is 26.7. The van der Waals surface area contributed by atoms with E-state index < -0.39 is 54.4 Å². The Kier molecular flexibility index (Phi) is 6.88. The van der Waals surface area contributed by atoms with Gasteiger partial charge in [0.05, 0.1) is 19.3 Å². The monoisotopic (exact) mass is 535 g/mol. The van der Waals surface area contributed by atoms with E-state index in [0.717, 1.165) is 6.42 Å². The molecule has 200 valence electrons. The Hall–Kier alpha value is -2.76. The molecule has 12 nitrogen and oxygen atoms in total. The molecular formula is C24H30N3O9P. The van der Waals surface area contributed by atoms with Crippen molar-refractivity contribution in [3.63, 3.8) is 0 Å². The van der Waals surface area contributed by atoms with Gasteiger partial charge in [-0.3, -0.25) is 23.7 Å². The number of aromatic nitrogens is 2. The van der Waals surface area contributed by atoms with Gasteiger partial charge >= 0.3 is 19.4 Å². The SMILES string of the molecule is CCOC(=O)C1(NP(=O)(OCC2OC(n3ccc(=O)[nH]c3=O)C3(CC3)C2O)Oc2ccccc2)CCC1. The smallest absolute Gasteiger partial charge is 0.459 e. The first-order chi connectivity index (χ1) is 17.7. The number of ether oxygens (including phenoxy) is 2. The number of esters is 1. The van der Waals surface area contributed by atoms with Gasteiger partial charge in [-0.2, -0.15) is 5.09 Å². The lowest BCUT2D eigenvalue weighted by atomic mass is 9.78. The Labute approximate surface area is 212 Å². The number of H-pyrrole nitrogens is 1. The summed E-state index contributed by atoms with van der Waals surface area (Å²) in [6.45, 7) is 1.52. The van der Waals surface area contributed by atoms with Gasteiger partial charge in [-0.15, -0.1) is 0 Å². The number of nitrogens with zero attached hydrogens (tertiary/aromatic N) is 1. The fourth-order valence-corrected chi connectivity index (χ4v) is 6.70. The molecule has 4 unspecified atom stereocenters. The van der Waals surface area contributed by atoms with Gasteiger partial charge in [-0.25, -0.2) is 9.36 Å². The molecule has 1 aromatic carbocycles. The molecule has 3 N–H and O–H groups in total. The van der Waals surface area contributed by atoms with E-state index in [1.54, 1.807) is 37.3 Å². The summed E-state index contributed by atoms with van der Waals surface area (Å²) in [4.78, 5) is 38.8. The van der Waals surface area contributed by atoms with Gasteiger partial charge in [0.1, 0.15) is 23.6 Å². The molecule has 1 spiro atoms. The average molecular weight is 535 g/mol. The number of carbonyl (C=O) groups excluding carboxylic acids is 1. The molecule has 3 fully saturated rings. The predicted molar refractivity (Wildman–Crippen MR) is 130 cm³/mol. The molecule has 1 aliphatic heterocycles. The van der Waals surface area contributed by atoms with Crippen LogP contribution < -0.4 is 20.9 Å². The lowest BCUT2D eigenvalue weighted by Crippen LogP contribution is -2.57. The van der Waals surface area contributed by atoms with Crippen LogP contribution in [-0.4, -0.2) is 51.6 Å². The van der Waals surface area contributed by atoms with Crippen LogP contribution in [-0.2, 0) is 23.4 Å². The van der Waals surface area contributed by atoms with Crippen LogP contribution in [0.1, 0.15) is 45.3 Å². The van der Waals surface area contributed by atoms with Crippen LogP contribution in [0, 0.1) is 5.41 Å². The summed E-state index contributed by atoms with van der Waals surface area (Å²) >= 11 is 0. The summed E-state index contributed by atoms with van der Waals surface area (Å²) in [5, 5.41) is 13.9. The van der Waals surface area contributed by atoms with E-state index in [-0.39, 0.29) is 19.0 Å². The first kappa shape index (κ1) is 25.9. The lowest BCUT2D eigenvalue weighted by molar-refractivity contribution is -0.154. The Morgan fingerprint density at radius 3 is 2.54 bits per heavy atom. The van der Waals surface area contributed by atoms with E-state index in [1.807, 2.05) is 0 Å². The van der Waals surface area contributed by atoms with Crippen LogP contribution in [0.4, 0.5) is 0 Å². The molecule has 0 bridgehead atoms. The highest BCUT2D eigenvalue weighted by molar-refractivity contribution is 7.52. The second-order valence-corrected chi connectivity index (χ2v) is 11.3. The standard InChI is InChI=1S/C24H30N3O9P/c1-2-33-21(30)24(10-6-11-24)26-37(32,36-16-7-4-3-5-8-16)34-15-17-19(29)23(12-13-23)20(35-17)27-14-9-18(28)25-22(27)31/h3-5,7-9,14,17,19-20,29H,2,6,10-13,15H2,1H3,(H,26,32)(H,25,28,31). The predicted octanol–water partition coefficient (Wildman–Crippen LogP) is 1.85. The molecule has 4 atom stereocenters. The number of benzene rings is 1. The maximum absolute atomic E-state index is 14.0. The minimum absolute atomic E-state index is 0.169. The van der Waals surface area contributed by atoms with E-state index >= 15 is 0 Å². The Balaban J connectivity index is 1.36. The van der Waals surface area contributed by atoms with E-state index in [4.69, 9.17) is 18.5 Å². The molecular weight excluding hydrogens is 505 g/mol. The zero-order valence-corrected chi connectivity index (χ0v) is 21.2. The molecule has 13 heteroatoms. The van der Waals surface area contributed by atoms with Crippen molar-refractivity contribution in [1.29, 1.82) is 0 Å². The third kappa shape index (κ3) is 4.92. The van der Waals surface area contributed by atoms with Crippen LogP contribution in [0.3, 0.4) is 0 Å². The van der Waals surface area contributed by atoms with Crippen LogP contribution in [0.25, 0.3) is 0 Å². The van der Waals surface area contributed by atoms with Gasteiger partial charge < -0.3 is 19.1 Å². The van der Waals surface area contributed by atoms with Gasteiger partial charge in [0.2, 0.25) is 0 Å². The van der Waals surface area contributed by atoms with Crippen LogP contribution in [0.2, 0.25) is 0 Å². The largest absolute Gasteiger partial charge is 0.465 e. The number of aromatic amines is 1. The highest BCUT2D eigenvalue weighted by Crippen LogP contribution is 2.62. The highest BCUT2D eigenvalue weighted by atomic mass is 31.2. The van der Waals surface area contributed by atoms with Crippen LogP contribution in [0.5, 0.6) is 5.75 Å². The Morgan fingerprint density at radius 2 is 1.95 bits per heavy atom. The molecule has 2 saturated carbocycles. The van der Waals surface area contributed by atoms with Crippen molar-refractivity contribution < 1.29 is 33.0 Å². The second kappa shape index (κ2) is 9.85. The fourth-order valence-electron chi connectivity index (χ4n) is 4.96. The number of carbonyl (C=O) groups is 1. The molecule has 37 heavy (non-hydrogen) atoms. The van der Waals surface area contributed by atoms with E-state index in [1.165, 1.54) is 16.8 Å². The number of hydrogen-bond acceptors (Lipinski definition) is 9. The molecule has 1 aromatic heterocycles. The number of hydrogen-bond donors (Lipinski definition) is 3. The minimum Gasteiger partial charge on any atom is -0.465 e. The zero-order chi connectivity index (χ0) is 26.3. The van der Waals surface area contributed by atoms with Gasteiger partial charge in [0, 0.05) is 17.7 Å². The lowest BCUT2D eigenvalue weighted by Gasteiger charge is -2.41. The molecule has 0 radical (unpaired) electrons. The molecule has 2 aliphatic carbocycles. The van der Waals surface area contributed by atoms with E-state index in [2.05, 4.69) is 10.1 Å². The quantitative estimate of drug-likeness (QED) is 0.303. The third-order valence-electron chi connectivity index (χ3n) is 7.27. The van der Waals surface area contributed by atoms with E-state index in [0.29, 0.717) is 25.7 Å². The summed E-state index contributed by atoms with van der Waals surface area (Å²) in [5.41, 5.74) is -3.13. The molecule has 2 aromatic rings. The average Bonchev–Trinajstić information content (AvgIpc) is 3.59.